The number of carbonyl (C=O) groups excluding carboxylic acids is 1. The van der Waals surface area contributed by atoms with Gasteiger partial charge < -0.3 is 9.88 Å². The number of hydrogen-bond acceptors (Lipinski definition) is 4. The first-order valence-electron chi connectivity index (χ1n) is 6.83. The van der Waals surface area contributed by atoms with E-state index in [1.54, 1.807) is 18.5 Å². The van der Waals surface area contributed by atoms with Gasteiger partial charge in [0.1, 0.15) is 11.5 Å². The van der Waals surface area contributed by atoms with E-state index in [1.807, 2.05) is 25.3 Å². The fourth-order valence-corrected chi connectivity index (χ4v) is 2.10. The third-order valence-corrected chi connectivity index (χ3v) is 3.30. The maximum absolute atomic E-state index is 12.2. The second-order valence-corrected chi connectivity index (χ2v) is 5.36. The second kappa shape index (κ2) is 6.67. The number of nitrogens with zero attached hydrogens (tertiary/aromatic N) is 4. The first-order chi connectivity index (χ1) is 10.0. The molecule has 0 spiro atoms. The lowest BCUT2D eigenvalue weighted by Gasteiger charge is -2.09. The molecule has 0 bridgehead atoms. The summed E-state index contributed by atoms with van der Waals surface area (Å²) in [4.78, 5) is 16.4. The molecule has 0 atom stereocenters. The standard InChI is InChI=1S/C14H18ClN5O/c1-4-20-8-17-19-13(20)7-16-14(21)10-5-11(9(2)3)18-12(15)6-10/h5-6,8-9H,4,7H2,1-3H3,(H,16,21). The lowest BCUT2D eigenvalue weighted by atomic mass is 10.1. The average Bonchev–Trinajstić information content (AvgIpc) is 2.91. The predicted octanol–water partition coefficient (Wildman–Crippen LogP) is 2.40. The molecule has 0 unspecified atom stereocenters. The Labute approximate surface area is 128 Å². The summed E-state index contributed by atoms with van der Waals surface area (Å²) in [6.45, 7) is 7.08. The fraction of sp³-hybridized carbons (Fsp3) is 0.429. The van der Waals surface area contributed by atoms with Gasteiger partial charge in [-0.15, -0.1) is 10.2 Å². The van der Waals surface area contributed by atoms with E-state index in [4.69, 9.17) is 11.6 Å². The Morgan fingerprint density at radius 1 is 1.43 bits per heavy atom. The summed E-state index contributed by atoms with van der Waals surface area (Å²) >= 11 is 5.97. The number of halogens is 1. The summed E-state index contributed by atoms with van der Waals surface area (Å²) in [5.74, 6) is 0.723. The number of pyridine rings is 1. The molecule has 112 valence electrons. The summed E-state index contributed by atoms with van der Waals surface area (Å²) in [6.07, 6.45) is 1.64. The zero-order valence-electron chi connectivity index (χ0n) is 12.3. The summed E-state index contributed by atoms with van der Waals surface area (Å²) in [5.41, 5.74) is 1.30. The highest BCUT2D eigenvalue weighted by molar-refractivity contribution is 6.29. The van der Waals surface area contributed by atoms with Gasteiger partial charge in [0.2, 0.25) is 0 Å². The molecule has 0 saturated carbocycles. The van der Waals surface area contributed by atoms with Crippen LogP contribution in [-0.2, 0) is 13.1 Å². The van der Waals surface area contributed by atoms with Crippen LogP contribution in [0.5, 0.6) is 0 Å². The summed E-state index contributed by atoms with van der Waals surface area (Å²) < 4.78 is 1.87. The Morgan fingerprint density at radius 3 is 2.86 bits per heavy atom. The van der Waals surface area contributed by atoms with Gasteiger partial charge in [0, 0.05) is 17.8 Å². The third kappa shape index (κ3) is 3.78. The molecule has 0 aliphatic carbocycles. The molecule has 0 aliphatic heterocycles. The van der Waals surface area contributed by atoms with Crippen LogP contribution in [0.1, 0.15) is 48.6 Å². The van der Waals surface area contributed by atoms with Gasteiger partial charge in [-0.2, -0.15) is 0 Å². The smallest absolute Gasteiger partial charge is 0.251 e. The summed E-state index contributed by atoms with van der Waals surface area (Å²) in [6, 6.07) is 3.32. The quantitative estimate of drug-likeness (QED) is 0.861. The Bertz CT molecular complexity index is 638. The van der Waals surface area contributed by atoms with Crippen LogP contribution >= 0.6 is 11.6 Å². The molecule has 2 aromatic heterocycles. The van der Waals surface area contributed by atoms with E-state index in [9.17, 15) is 4.79 Å². The number of carbonyl (C=O) groups is 1. The Hall–Kier alpha value is -1.95. The molecule has 1 amide bonds. The monoisotopic (exact) mass is 307 g/mol. The Kier molecular flexibility index (Phi) is 4.90. The van der Waals surface area contributed by atoms with Crippen LogP contribution in [-0.4, -0.2) is 25.7 Å². The number of aryl methyl sites for hydroxylation is 1. The van der Waals surface area contributed by atoms with E-state index in [0.29, 0.717) is 17.3 Å². The van der Waals surface area contributed by atoms with Crippen molar-refractivity contribution in [1.29, 1.82) is 0 Å². The number of nitrogens with one attached hydrogen (secondary N) is 1. The van der Waals surface area contributed by atoms with Crippen LogP contribution in [0.15, 0.2) is 18.5 Å². The molecule has 0 aliphatic rings. The van der Waals surface area contributed by atoms with Gasteiger partial charge in [0.05, 0.1) is 6.54 Å². The van der Waals surface area contributed by atoms with Crippen LogP contribution < -0.4 is 5.32 Å². The molecule has 21 heavy (non-hydrogen) atoms. The zero-order valence-corrected chi connectivity index (χ0v) is 13.1. The first-order valence-corrected chi connectivity index (χ1v) is 7.21. The van der Waals surface area contributed by atoms with Gasteiger partial charge in [-0.25, -0.2) is 4.98 Å². The van der Waals surface area contributed by atoms with Crippen LogP contribution in [0.2, 0.25) is 5.15 Å². The Morgan fingerprint density at radius 2 is 2.19 bits per heavy atom. The number of rotatable bonds is 5. The van der Waals surface area contributed by atoms with Gasteiger partial charge in [0.15, 0.2) is 5.82 Å². The lowest BCUT2D eigenvalue weighted by molar-refractivity contribution is 0.0949. The van der Waals surface area contributed by atoms with Gasteiger partial charge in [-0.1, -0.05) is 25.4 Å². The summed E-state index contributed by atoms with van der Waals surface area (Å²) in [5, 5.41) is 10.9. The molecule has 2 heterocycles. The minimum Gasteiger partial charge on any atom is -0.345 e. The second-order valence-electron chi connectivity index (χ2n) is 4.97. The fourth-order valence-electron chi connectivity index (χ4n) is 1.89. The molecule has 0 radical (unpaired) electrons. The van der Waals surface area contributed by atoms with Crippen LogP contribution in [0, 0.1) is 0 Å². The SMILES string of the molecule is CCn1cnnc1CNC(=O)c1cc(Cl)nc(C(C)C)c1. The highest BCUT2D eigenvalue weighted by Crippen LogP contribution is 2.17. The van der Waals surface area contributed by atoms with Crippen molar-refractivity contribution >= 4 is 17.5 Å². The maximum atomic E-state index is 12.2. The van der Waals surface area contributed by atoms with Crippen LogP contribution in [0.4, 0.5) is 0 Å². The van der Waals surface area contributed by atoms with Gasteiger partial charge >= 0.3 is 0 Å². The molecule has 2 rings (SSSR count). The predicted molar refractivity (Wildman–Crippen MR) is 80.2 cm³/mol. The molecule has 2 aromatic rings. The van der Waals surface area contributed by atoms with Crippen molar-refractivity contribution in [3.05, 3.63) is 40.7 Å². The minimum atomic E-state index is -0.202. The third-order valence-electron chi connectivity index (χ3n) is 3.11. The molecule has 1 N–H and O–H groups in total. The van der Waals surface area contributed by atoms with E-state index >= 15 is 0 Å². The van der Waals surface area contributed by atoms with Crippen molar-refractivity contribution in [2.24, 2.45) is 0 Å². The van der Waals surface area contributed by atoms with Crippen molar-refractivity contribution in [2.45, 2.75) is 39.8 Å². The molecular weight excluding hydrogens is 290 g/mol. The zero-order chi connectivity index (χ0) is 15.4. The van der Waals surface area contributed by atoms with Gasteiger partial charge in [0.25, 0.3) is 5.91 Å². The highest BCUT2D eigenvalue weighted by atomic mass is 35.5. The van der Waals surface area contributed by atoms with E-state index in [1.165, 1.54) is 0 Å². The van der Waals surface area contributed by atoms with E-state index < -0.39 is 0 Å². The molecule has 6 nitrogen and oxygen atoms in total. The average molecular weight is 308 g/mol. The van der Waals surface area contributed by atoms with Crippen molar-refractivity contribution in [3.8, 4) is 0 Å². The van der Waals surface area contributed by atoms with Crippen LogP contribution in [0.3, 0.4) is 0 Å². The first kappa shape index (κ1) is 15.4. The molecule has 0 aromatic carbocycles. The van der Waals surface area contributed by atoms with E-state index in [0.717, 1.165) is 18.1 Å². The van der Waals surface area contributed by atoms with Crippen molar-refractivity contribution in [1.82, 2.24) is 25.1 Å². The van der Waals surface area contributed by atoms with Crippen molar-refractivity contribution < 1.29 is 4.79 Å². The Balaban J connectivity index is 2.10. The van der Waals surface area contributed by atoms with Gasteiger partial charge in [-0.05, 0) is 25.0 Å². The molecule has 0 saturated heterocycles. The minimum absolute atomic E-state index is 0.202. The van der Waals surface area contributed by atoms with E-state index in [2.05, 4.69) is 20.5 Å². The van der Waals surface area contributed by atoms with Crippen molar-refractivity contribution in [3.63, 3.8) is 0 Å². The number of hydrogen-bond donors (Lipinski definition) is 1. The maximum Gasteiger partial charge on any atom is 0.251 e. The number of amides is 1. The topological polar surface area (TPSA) is 72.7 Å². The largest absolute Gasteiger partial charge is 0.345 e. The normalized spacial score (nSPS) is 10.9. The number of aromatic nitrogens is 4. The highest BCUT2D eigenvalue weighted by Gasteiger charge is 2.12. The van der Waals surface area contributed by atoms with Crippen molar-refractivity contribution in [2.75, 3.05) is 0 Å². The van der Waals surface area contributed by atoms with Gasteiger partial charge in [-0.3, -0.25) is 4.79 Å². The van der Waals surface area contributed by atoms with Crippen LogP contribution in [0.25, 0.3) is 0 Å². The molecule has 0 fully saturated rings. The summed E-state index contributed by atoms with van der Waals surface area (Å²) in [7, 11) is 0. The molecule has 7 heteroatoms. The lowest BCUT2D eigenvalue weighted by Crippen LogP contribution is -2.25. The van der Waals surface area contributed by atoms with E-state index in [-0.39, 0.29) is 11.8 Å². The molecular formula is C14H18ClN5O.